The molecule has 5 rings (SSSR count). The molecule has 0 bridgehead atoms. The third kappa shape index (κ3) is 8.81. The van der Waals surface area contributed by atoms with Crippen molar-refractivity contribution in [3.05, 3.63) is 155 Å². The smallest absolute Gasteiger partial charge is 0.416 e. The molecule has 5 aromatic carbocycles. The van der Waals surface area contributed by atoms with Gasteiger partial charge < -0.3 is 9.47 Å². The third-order valence-corrected chi connectivity index (χ3v) is 8.52. The number of ether oxygens (including phenoxy) is 2. The zero-order chi connectivity index (χ0) is 37.2. The fraction of sp³-hybridized carbons (Fsp3) is 0.114. The predicted molar refractivity (Wildman–Crippen MR) is 165 cm³/mol. The van der Waals surface area contributed by atoms with E-state index in [0.29, 0.717) is 23.3 Å². The van der Waals surface area contributed by atoms with E-state index in [1.54, 1.807) is 65.4 Å². The van der Waals surface area contributed by atoms with Crippen molar-refractivity contribution in [1.29, 1.82) is 0 Å². The quantitative estimate of drug-likeness (QED) is 0.120. The second-order valence-electron chi connectivity index (χ2n) is 10.8. The van der Waals surface area contributed by atoms with Crippen LogP contribution in [0.15, 0.2) is 126 Å². The van der Waals surface area contributed by atoms with Crippen molar-refractivity contribution < 1.29 is 62.2 Å². The number of alkyl halides is 9. The van der Waals surface area contributed by atoms with Gasteiger partial charge in [-0.2, -0.15) is 39.5 Å². The molecule has 0 aliphatic carbocycles. The minimum absolute atomic E-state index is 0.104. The maximum atomic E-state index is 13.7. The molecule has 0 saturated heterocycles. The largest absolute Gasteiger partial charge is 0.454 e. The number of esters is 1. The van der Waals surface area contributed by atoms with E-state index in [0.717, 1.165) is 0 Å². The van der Waals surface area contributed by atoms with E-state index < -0.39 is 73.6 Å². The molecule has 1 N–H and O–H groups in total. The number of hydrogen-bond donors (Lipinski definition) is 1. The van der Waals surface area contributed by atoms with Crippen molar-refractivity contribution >= 4 is 21.7 Å². The van der Waals surface area contributed by atoms with Crippen molar-refractivity contribution in [3.8, 4) is 11.5 Å². The van der Waals surface area contributed by atoms with Gasteiger partial charge in [0.15, 0.2) is 11.9 Å². The summed E-state index contributed by atoms with van der Waals surface area (Å²) >= 11 is 0. The molecular weight excluding hydrogens is 717 g/mol. The zero-order valence-electron chi connectivity index (χ0n) is 25.5. The van der Waals surface area contributed by atoms with Crippen LogP contribution in [0.1, 0.15) is 44.3 Å². The van der Waals surface area contributed by atoms with E-state index >= 15 is 0 Å². The molecule has 5 aromatic rings. The molecule has 0 heterocycles. The highest BCUT2D eigenvalue weighted by Crippen LogP contribution is 2.41. The van der Waals surface area contributed by atoms with Crippen LogP contribution in [0.5, 0.6) is 11.5 Å². The Morgan fingerprint density at radius 1 is 0.569 bits per heavy atom. The first-order valence-electron chi connectivity index (χ1n) is 14.4. The first-order valence-corrected chi connectivity index (χ1v) is 15.9. The molecule has 0 aliphatic rings. The average Bonchev–Trinajstić information content (AvgIpc) is 3.07. The van der Waals surface area contributed by atoms with E-state index in [1.807, 2.05) is 0 Å². The summed E-state index contributed by atoms with van der Waals surface area (Å²) in [5.41, 5.74) is -5.53. The maximum absolute atomic E-state index is 13.7. The summed E-state index contributed by atoms with van der Waals surface area (Å²) in [5, 5.41) is 0. The van der Waals surface area contributed by atoms with Crippen LogP contribution in [0.4, 0.5) is 45.2 Å². The summed E-state index contributed by atoms with van der Waals surface area (Å²) in [4.78, 5) is 12.0. The molecule has 0 radical (unpaired) electrons. The Hall–Kier alpha value is -5.51. The van der Waals surface area contributed by atoms with E-state index in [1.165, 1.54) is 24.3 Å². The van der Waals surface area contributed by atoms with Gasteiger partial charge in [-0.05, 0) is 59.7 Å². The van der Waals surface area contributed by atoms with Crippen molar-refractivity contribution in [2.45, 2.75) is 29.5 Å². The molecule has 0 amide bonds. The summed E-state index contributed by atoms with van der Waals surface area (Å²) in [5.74, 6) is -2.01. The lowest BCUT2D eigenvalue weighted by Gasteiger charge is -2.21. The van der Waals surface area contributed by atoms with Crippen molar-refractivity contribution in [1.82, 2.24) is 0 Å². The predicted octanol–water partition coefficient (Wildman–Crippen LogP) is 10.3. The molecule has 51 heavy (non-hydrogen) atoms. The number of para-hydroxylation sites is 1. The van der Waals surface area contributed by atoms with Crippen LogP contribution < -0.4 is 9.46 Å². The summed E-state index contributed by atoms with van der Waals surface area (Å²) in [7, 11) is -5.45. The highest BCUT2D eigenvalue weighted by Gasteiger charge is 2.39. The molecule has 6 nitrogen and oxygen atoms in total. The third-order valence-electron chi connectivity index (χ3n) is 7.18. The summed E-state index contributed by atoms with van der Waals surface area (Å²) in [6.07, 6.45) is -16.9. The van der Waals surface area contributed by atoms with Gasteiger partial charge in [0.1, 0.15) is 11.3 Å². The van der Waals surface area contributed by atoms with Gasteiger partial charge in [0.25, 0.3) is 10.0 Å². The number of carbonyl (C=O) groups is 1. The highest BCUT2D eigenvalue weighted by atomic mass is 32.2. The van der Waals surface area contributed by atoms with Gasteiger partial charge in [-0.15, -0.1) is 0 Å². The number of benzene rings is 5. The number of rotatable bonds is 9. The topological polar surface area (TPSA) is 81.7 Å². The fourth-order valence-electron chi connectivity index (χ4n) is 4.76. The highest BCUT2D eigenvalue weighted by molar-refractivity contribution is 7.92. The second kappa shape index (κ2) is 14.0. The molecule has 0 aromatic heterocycles. The SMILES string of the molecule is O=C(OC(c1ccccc1)c1ccccc1)c1ccccc1Oc1ccc(C(F)(F)F)cc1NS(=O)(=O)c1cc(C(F)(F)F)cc(C(F)(F)F)c1. The Morgan fingerprint density at radius 3 is 1.57 bits per heavy atom. The van der Waals surface area contributed by atoms with Crippen molar-refractivity contribution in [3.63, 3.8) is 0 Å². The number of hydrogen-bond acceptors (Lipinski definition) is 5. The number of nitrogens with one attached hydrogen (secondary N) is 1. The maximum Gasteiger partial charge on any atom is 0.416 e. The Kier molecular flexibility index (Phi) is 10.1. The van der Waals surface area contributed by atoms with E-state index in [4.69, 9.17) is 9.47 Å². The first kappa shape index (κ1) is 36.8. The molecular formula is C35H22F9NO5S. The molecule has 0 saturated carbocycles. The zero-order valence-corrected chi connectivity index (χ0v) is 26.3. The second-order valence-corrected chi connectivity index (χ2v) is 12.4. The van der Waals surface area contributed by atoms with Gasteiger partial charge in [-0.3, -0.25) is 4.72 Å². The molecule has 0 aliphatic heterocycles. The van der Waals surface area contributed by atoms with Gasteiger partial charge in [-0.1, -0.05) is 72.8 Å². The molecule has 0 atom stereocenters. The number of halogens is 9. The van der Waals surface area contributed by atoms with E-state index in [2.05, 4.69) is 0 Å². The minimum atomic E-state index is -5.45. The van der Waals surface area contributed by atoms with E-state index in [-0.39, 0.29) is 35.6 Å². The Bertz CT molecular complexity index is 2060. The molecule has 0 fully saturated rings. The van der Waals surface area contributed by atoms with Crippen LogP contribution in [0, 0.1) is 0 Å². The summed E-state index contributed by atoms with van der Waals surface area (Å²) in [6, 6.07) is 23.3. The normalized spacial score (nSPS) is 12.4. The number of carbonyl (C=O) groups excluding carboxylic acids is 1. The van der Waals surface area contributed by atoms with Crippen LogP contribution in [0.25, 0.3) is 0 Å². The van der Waals surface area contributed by atoms with Crippen LogP contribution in [0.2, 0.25) is 0 Å². The molecule has 0 spiro atoms. The van der Waals surface area contributed by atoms with Gasteiger partial charge >= 0.3 is 24.5 Å². The average molecular weight is 740 g/mol. The van der Waals surface area contributed by atoms with Gasteiger partial charge in [0.05, 0.1) is 27.3 Å². The summed E-state index contributed by atoms with van der Waals surface area (Å²) in [6.45, 7) is 0. The fourth-order valence-corrected chi connectivity index (χ4v) is 5.89. The first-order chi connectivity index (χ1) is 23.8. The van der Waals surface area contributed by atoms with Crippen molar-refractivity contribution in [2.24, 2.45) is 0 Å². The molecule has 0 unspecified atom stereocenters. The molecule has 266 valence electrons. The lowest BCUT2D eigenvalue weighted by molar-refractivity contribution is -0.143. The Morgan fingerprint density at radius 2 is 1.06 bits per heavy atom. The lowest BCUT2D eigenvalue weighted by Crippen LogP contribution is -2.18. The summed E-state index contributed by atoms with van der Waals surface area (Å²) < 4.78 is 161. The Labute approximate surface area is 284 Å². The van der Waals surface area contributed by atoms with Gasteiger partial charge in [0.2, 0.25) is 0 Å². The number of sulfonamides is 1. The van der Waals surface area contributed by atoms with E-state index in [9.17, 15) is 52.7 Å². The van der Waals surface area contributed by atoms with Crippen LogP contribution >= 0.6 is 0 Å². The standard InChI is InChI=1S/C35H22F9NO5S/c36-33(37,38)23-15-16-30(28(20-23)45-51(47,48)26-18-24(34(39,40)41)17-25(19-26)35(42,43)44)49-29-14-8-7-13-27(29)32(46)50-31(21-9-3-1-4-10-21)22-11-5-2-6-12-22/h1-20,31,45H. The van der Waals surface area contributed by atoms with Gasteiger partial charge in [-0.25, -0.2) is 13.2 Å². The van der Waals surface area contributed by atoms with Gasteiger partial charge in [0, 0.05) is 0 Å². The van der Waals surface area contributed by atoms with Crippen molar-refractivity contribution in [2.75, 3.05) is 4.72 Å². The number of anilines is 1. The minimum Gasteiger partial charge on any atom is -0.454 e. The molecule has 16 heteroatoms. The van der Waals surface area contributed by atoms with Crippen LogP contribution in [-0.2, 0) is 33.3 Å². The van der Waals surface area contributed by atoms with Crippen LogP contribution in [-0.4, -0.2) is 14.4 Å². The van der Waals surface area contributed by atoms with Crippen LogP contribution in [0.3, 0.4) is 0 Å². The lowest BCUT2D eigenvalue weighted by atomic mass is 10.0. The Balaban J connectivity index is 1.54. The monoisotopic (exact) mass is 739 g/mol.